The highest BCUT2D eigenvalue weighted by atomic mass is 15.2. The van der Waals surface area contributed by atoms with Gasteiger partial charge in [0.15, 0.2) is 0 Å². The zero-order valence-electron chi connectivity index (χ0n) is 36.3. The first-order chi connectivity index (χ1) is 32.8. The van der Waals surface area contributed by atoms with E-state index >= 15 is 0 Å². The summed E-state index contributed by atoms with van der Waals surface area (Å²) in [6.45, 7) is 0. The average molecular weight is 841 g/mol. The van der Waals surface area contributed by atoms with Gasteiger partial charge < -0.3 is 9.47 Å². The molecule has 0 atom stereocenters. The van der Waals surface area contributed by atoms with Crippen molar-refractivity contribution in [3.63, 3.8) is 0 Å². The van der Waals surface area contributed by atoms with Gasteiger partial charge in [0.05, 0.1) is 28.1 Å². The molecule has 0 saturated heterocycles. The van der Waals surface area contributed by atoms with Crippen LogP contribution in [-0.2, 0) is 0 Å². The van der Waals surface area contributed by atoms with E-state index in [0.29, 0.717) is 0 Å². The van der Waals surface area contributed by atoms with E-state index in [1.54, 1.807) is 0 Å². The molecular formula is C64H44N2. The van der Waals surface area contributed by atoms with Gasteiger partial charge in [-0.1, -0.05) is 224 Å². The predicted molar refractivity (Wildman–Crippen MR) is 280 cm³/mol. The first-order valence-electron chi connectivity index (χ1n) is 22.7. The molecule has 12 aromatic rings. The van der Waals surface area contributed by atoms with E-state index in [4.69, 9.17) is 0 Å². The normalized spacial score (nSPS) is 11.3. The van der Waals surface area contributed by atoms with E-state index in [0.717, 1.165) is 50.5 Å². The van der Waals surface area contributed by atoms with Gasteiger partial charge in [-0.25, -0.2) is 0 Å². The minimum Gasteiger partial charge on any atom is -0.309 e. The summed E-state index contributed by atoms with van der Waals surface area (Å²) < 4.78 is 2.41. The molecule has 0 spiro atoms. The maximum atomic E-state index is 2.54. The van der Waals surface area contributed by atoms with Crippen molar-refractivity contribution in [1.29, 1.82) is 0 Å². The van der Waals surface area contributed by atoms with Crippen LogP contribution in [0.1, 0.15) is 0 Å². The Labute approximate surface area is 385 Å². The van der Waals surface area contributed by atoms with E-state index in [-0.39, 0.29) is 0 Å². The van der Waals surface area contributed by atoms with Crippen LogP contribution < -0.4 is 4.90 Å². The van der Waals surface area contributed by atoms with Crippen molar-refractivity contribution >= 4 is 49.6 Å². The third kappa shape index (κ3) is 6.67. The van der Waals surface area contributed by atoms with Gasteiger partial charge in [-0.15, -0.1) is 0 Å². The number of benzene rings is 11. The van der Waals surface area contributed by atoms with Gasteiger partial charge in [0.2, 0.25) is 0 Å². The molecule has 310 valence electrons. The van der Waals surface area contributed by atoms with Gasteiger partial charge in [-0.3, -0.25) is 0 Å². The van der Waals surface area contributed by atoms with Crippen LogP contribution in [-0.4, -0.2) is 4.57 Å². The standard InChI is InChI=1S/C64H44N2/c1-4-23-45(24-5-1)49-31-10-11-32-51(49)52-33-12-13-34-53(52)54-35-14-17-40-58(54)66(62-44-22-43-61-64(62)57-37-16-19-42-60(57)65(61)48-29-8-3-9-30-48)59-41-18-15-36-55(59)56-39-21-28-47-27-20-38-50(63(47)56)46-25-6-2-7-26-46/h1-44H. The summed E-state index contributed by atoms with van der Waals surface area (Å²) in [7, 11) is 0. The Morgan fingerprint density at radius 1 is 0.242 bits per heavy atom. The maximum absolute atomic E-state index is 2.54. The van der Waals surface area contributed by atoms with Crippen LogP contribution in [0.15, 0.2) is 267 Å². The summed E-state index contributed by atoms with van der Waals surface area (Å²) in [5.41, 5.74) is 18.5. The SMILES string of the molecule is c1ccc(-c2ccccc2-c2ccccc2-c2ccccc2N(c2ccccc2-c2cccc3cccc(-c4ccccc4)c23)c2cccc3c2c2ccccc2n3-c2ccccc2)cc1. The minimum absolute atomic E-state index is 1.09. The largest absolute Gasteiger partial charge is 0.309 e. The van der Waals surface area contributed by atoms with Gasteiger partial charge in [0.1, 0.15) is 0 Å². The van der Waals surface area contributed by atoms with Crippen molar-refractivity contribution in [1.82, 2.24) is 4.57 Å². The molecule has 0 aliphatic carbocycles. The van der Waals surface area contributed by atoms with Gasteiger partial charge in [0.25, 0.3) is 0 Å². The fraction of sp³-hybridized carbons (Fsp3) is 0. The van der Waals surface area contributed by atoms with Crippen molar-refractivity contribution in [3.8, 4) is 61.3 Å². The fourth-order valence-electron chi connectivity index (χ4n) is 10.2. The highest BCUT2D eigenvalue weighted by molar-refractivity contribution is 6.18. The lowest BCUT2D eigenvalue weighted by molar-refractivity contribution is 1.18. The average Bonchev–Trinajstić information content (AvgIpc) is 3.74. The summed E-state index contributed by atoms with van der Waals surface area (Å²) in [5.74, 6) is 0. The third-order valence-corrected chi connectivity index (χ3v) is 13.0. The van der Waals surface area contributed by atoms with Crippen molar-refractivity contribution < 1.29 is 0 Å². The topological polar surface area (TPSA) is 8.17 Å². The Kier molecular flexibility index (Phi) is 9.89. The molecule has 0 N–H and O–H groups in total. The summed E-state index contributed by atoms with van der Waals surface area (Å²) >= 11 is 0. The molecule has 2 nitrogen and oxygen atoms in total. The molecule has 0 bridgehead atoms. The second-order valence-corrected chi connectivity index (χ2v) is 16.8. The first kappa shape index (κ1) is 38.9. The van der Waals surface area contributed by atoms with Crippen LogP contribution in [0, 0.1) is 0 Å². The summed E-state index contributed by atoms with van der Waals surface area (Å²) in [4.78, 5) is 2.54. The second-order valence-electron chi connectivity index (χ2n) is 16.8. The zero-order chi connectivity index (χ0) is 43.8. The Bertz CT molecular complexity index is 3690. The molecule has 0 unspecified atom stereocenters. The molecule has 12 rings (SSSR count). The number of hydrogen-bond donors (Lipinski definition) is 0. The number of fused-ring (bicyclic) bond motifs is 4. The smallest absolute Gasteiger partial charge is 0.0562 e. The molecule has 11 aromatic carbocycles. The van der Waals surface area contributed by atoms with Gasteiger partial charge in [0, 0.05) is 27.6 Å². The summed E-state index contributed by atoms with van der Waals surface area (Å²) in [6, 6.07) is 97.0. The van der Waals surface area contributed by atoms with Crippen molar-refractivity contribution in [2.75, 3.05) is 4.90 Å². The number of aromatic nitrogens is 1. The molecule has 0 aliphatic rings. The molecular weight excluding hydrogens is 797 g/mol. The highest BCUT2D eigenvalue weighted by Crippen LogP contribution is 2.51. The molecule has 2 heteroatoms. The molecule has 66 heavy (non-hydrogen) atoms. The van der Waals surface area contributed by atoms with Crippen LogP contribution in [0.2, 0.25) is 0 Å². The van der Waals surface area contributed by atoms with Crippen LogP contribution >= 0.6 is 0 Å². The Hall–Kier alpha value is -8.72. The van der Waals surface area contributed by atoms with Gasteiger partial charge >= 0.3 is 0 Å². The van der Waals surface area contributed by atoms with Crippen LogP contribution in [0.3, 0.4) is 0 Å². The van der Waals surface area contributed by atoms with E-state index in [9.17, 15) is 0 Å². The number of hydrogen-bond acceptors (Lipinski definition) is 1. The first-order valence-corrected chi connectivity index (χ1v) is 22.7. The lowest BCUT2D eigenvalue weighted by atomic mass is 9.88. The van der Waals surface area contributed by atoms with Crippen molar-refractivity contribution in [2.24, 2.45) is 0 Å². The molecule has 0 saturated carbocycles. The van der Waals surface area contributed by atoms with E-state index in [2.05, 4.69) is 276 Å². The fourth-order valence-corrected chi connectivity index (χ4v) is 10.2. The molecule has 0 radical (unpaired) electrons. The number of rotatable bonds is 9. The second kappa shape index (κ2) is 16.8. The highest BCUT2D eigenvalue weighted by Gasteiger charge is 2.26. The predicted octanol–water partition coefficient (Wildman–Crippen LogP) is 17.7. The molecule has 0 aliphatic heterocycles. The van der Waals surface area contributed by atoms with Crippen LogP contribution in [0.4, 0.5) is 17.1 Å². The third-order valence-electron chi connectivity index (χ3n) is 13.0. The number of nitrogens with zero attached hydrogens (tertiary/aromatic N) is 2. The lowest BCUT2D eigenvalue weighted by Gasteiger charge is -2.31. The molecule has 1 heterocycles. The van der Waals surface area contributed by atoms with Crippen molar-refractivity contribution in [2.45, 2.75) is 0 Å². The minimum atomic E-state index is 1.09. The maximum Gasteiger partial charge on any atom is 0.0562 e. The number of para-hydroxylation sites is 4. The molecule has 0 fully saturated rings. The number of anilines is 3. The van der Waals surface area contributed by atoms with Crippen LogP contribution in [0.25, 0.3) is 93.9 Å². The zero-order valence-corrected chi connectivity index (χ0v) is 36.3. The Morgan fingerprint density at radius 3 is 1.30 bits per heavy atom. The summed E-state index contributed by atoms with van der Waals surface area (Å²) in [6.07, 6.45) is 0. The molecule has 1 aromatic heterocycles. The van der Waals surface area contributed by atoms with E-state index in [1.165, 1.54) is 60.5 Å². The van der Waals surface area contributed by atoms with Crippen molar-refractivity contribution in [3.05, 3.63) is 267 Å². The Morgan fingerprint density at radius 2 is 0.652 bits per heavy atom. The lowest BCUT2D eigenvalue weighted by Crippen LogP contribution is -2.13. The van der Waals surface area contributed by atoms with E-state index < -0.39 is 0 Å². The Balaban J connectivity index is 1.17. The van der Waals surface area contributed by atoms with Gasteiger partial charge in [-0.2, -0.15) is 0 Å². The van der Waals surface area contributed by atoms with E-state index in [1.807, 2.05) is 0 Å². The quantitative estimate of drug-likeness (QED) is 0.141. The van der Waals surface area contributed by atoms with Crippen LogP contribution in [0.5, 0.6) is 0 Å². The molecule has 0 amide bonds. The monoisotopic (exact) mass is 840 g/mol. The van der Waals surface area contributed by atoms with Gasteiger partial charge in [-0.05, 0) is 97.7 Å². The summed E-state index contributed by atoms with van der Waals surface area (Å²) in [5, 5.41) is 4.82.